The number of aryl methyl sites for hydroxylation is 4. The Morgan fingerprint density at radius 3 is 1.25 bits per heavy atom. The van der Waals surface area contributed by atoms with E-state index in [0.29, 0.717) is 34.6 Å². The minimum Gasteiger partial charge on any atom is -0.504 e. The lowest BCUT2D eigenvalue weighted by Crippen LogP contribution is -2.36. The van der Waals surface area contributed by atoms with E-state index in [4.69, 9.17) is 18.3 Å². The summed E-state index contributed by atoms with van der Waals surface area (Å²) in [6.45, 7) is 21.2. The number of ether oxygens (including phenoxy) is 2. The van der Waals surface area contributed by atoms with Crippen LogP contribution in [-0.2, 0) is 25.0 Å². The first-order valence-corrected chi connectivity index (χ1v) is 38.0. The molecule has 4 aromatic carbocycles. The summed E-state index contributed by atoms with van der Waals surface area (Å²) in [4.78, 5) is 39.3. The van der Waals surface area contributed by atoms with Gasteiger partial charge in [0.25, 0.3) is 0 Å². The van der Waals surface area contributed by atoms with Gasteiger partial charge in [-0.15, -0.1) is 20.5 Å². The van der Waals surface area contributed by atoms with Crippen molar-refractivity contribution < 1.29 is 38.1 Å². The number of piperidine rings is 4. The number of benzene rings is 4. The quantitative estimate of drug-likeness (QED) is 0.115. The number of carbonyl (C=O) groups excluding carboxylic acids is 2. The molecule has 12 heterocycles. The molecule has 3 N–H and O–H groups in total. The molecule has 4 saturated heterocycles. The number of alkyl halides is 1. The largest absolute Gasteiger partial charge is 0.504 e. The Morgan fingerprint density at radius 1 is 0.465 bits per heavy atom. The summed E-state index contributed by atoms with van der Waals surface area (Å²) in [6.07, 6.45) is 23.9. The minimum absolute atomic E-state index is 0.0807. The highest BCUT2D eigenvalue weighted by atomic mass is 79.9. The zero-order chi connectivity index (χ0) is 69.0. The van der Waals surface area contributed by atoms with Crippen molar-refractivity contribution in [3.05, 3.63) is 163 Å². The summed E-state index contributed by atoms with van der Waals surface area (Å²) in [5.74, 6) is 11.4. The number of ketones is 2. The van der Waals surface area contributed by atoms with Crippen LogP contribution in [0.25, 0.3) is 45.5 Å². The van der Waals surface area contributed by atoms with Crippen molar-refractivity contribution in [2.24, 2.45) is 67.8 Å². The highest BCUT2D eigenvalue weighted by Gasteiger charge is 2.38. The summed E-state index contributed by atoms with van der Waals surface area (Å²) in [6, 6.07) is 23.4. The minimum atomic E-state index is 0.0807. The van der Waals surface area contributed by atoms with Gasteiger partial charge in [-0.3, -0.25) is 24.3 Å². The van der Waals surface area contributed by atoms with Crippen LogP contribution in [0.5, 0.6) is 23.0 Å². The number of azo groups is 2. The first-order valence-electron chi connectivity index (χ1n) is 36.9. The SMILES string of the molecule is C1CC2CNCC1C2.Cc1ccc2c(O)c(C=C3N=Nc4ncccc43)oc2c1CN1CC2CCC(C2)C1.Cc1ccc2c(O)c(C=C3N=Nc4ncccc43)oc2c1CN1CC2CCC(C2)C1.Cc1ccc2c(c1CBr)OCC2=O.Cc1ccc2c(c1CN1CC3CCC(C3)C1)OCC2=O. The van der Waals surface area contributed by atoms with Crippen LogP contribution in [0, 0.1) is 75.0 Å². The fraction of sp³-hybridized carbons (Fsp3) is 0.463. The third-order valence-electron chi connectivity index (χ3n) is 23.7. The molecule has 8 atom stereocenters. The third-order valence-corrected chi connectivity index (χ3v) is 24.2. The average molecular weight is 1420 g/mol. The Hall–Kier alpha value is -8.20. The van der Waals surface area contributed by atoms with Gasteiger partial charge in [0.1, 0.15) is 34.1 Å². The van der Waals surface area contributed by atoms with E-state index >= 15 is 0 Å². The van der Waals surface area contributed by atoms with Gasteiger partial charge in [0.2, 0.25) is 11.6 Å². The number of aromatic hydroxyl groups is 2. The number of likely N-dealkylation sites (tertiary alicyclic amines) is 3. The van der Waals surface area contributed by atoms with E-state index in [9.17, 15) is 19.8 Å². The Kier molecular flexibility index (Phi) is 19.3. The number of nitrogens with one attached hydrogen (secondary N) is 1. The van der Waals surface area contributed by atoms with Gasteiger partial charge in [0.05, 0.1) is 21.9 Å². The Balaban J connectivity index is 0.000000104. The van der Waals surface area contributed by atoms with Crippen molar-refractivity contribution in [3.63, 3.8) is 0 Å². The molecule has 0 amide bonds. The van der Waals surface area contributed by atoms with Gasteiger partial charge >= 0.3 is 0 Å². The Morgan fingerprint density at radius 2 is 0.832 bits per heavy atom. The zero-order valence-electron chi connectivity index (χ0n) is 58.5. The van der Waals surface area contributed by atoms with E-state index in [1.54, 1.807) is 24.5 Å². The van der Waals surface area contributed by atoms with Crippen molar-refractivity contribution in [3.8, 4) is 23.0 Å². The van der Waals surface area contributed by atoms with Crippen LogP contribution in [0.15, 0.2) is 114 Å². The standard InChI is InChI=1S/2C24H24N4O2.C17H21NO2.C10H9BrO2.C7H13N/c2*1-14-4-7-18-22(29)21(10-20-17-3-2-8-25-24(17)27-26-20)30-23(18)19(14)13-28-11-15-5-6-16(9-15)12-28;1-11-2-5-14-16(19)10-20-17(14)15(11)9-18-7-12-3-4-13(6-12)8-18;1-6-2-3-7-9(12)5-13-10(7)8(6)4-11;1-2-7-3-6(1)4-8-5-7/h2*2-4,7-8,10,15-16,29H,5-6,9,11-13H2,1H3;2,5,12-13H,3-4,6-10H2,1H3;2-3H,4-5H2,1H3;6-8H,1-5H2. The van der Waals surface area contributed by atoms with Gasteiger partial charge in [0, 0.05) is 122 Å². The van der Waals surface area contributed by atoms with Crippen molar-refractivity contribution in [2.75, 3.05) is 65.6 Å². The number of hydrogen-bond acceptors (Lipinski definition) is 18. The van der Waals surface area contributed by atoms with Gasteiger partial charge < -0.3 is 33.8 Å². The monoisotopic (exact) mass is 1420 g/mol. The second kappa shape index (κ2) is 28.9. The second-order valence-corrected chi connectivity index (χ2v) is 31.3. The van der Waals surface area contributed by atoms with Crippen LogP contribution in [0.4, 0.5) is 11.6 Å². The summed E-state index contributed by atoms with van der Waals surface area (Å²) >= 11 is 3.39. The third kappa shape index (κ3) is 14.0. The molecule has 4 aliphatic carbocycles. The van der Waals surface area contributed by atoms with E-state index < -0.39 is 0 Å². The number of fused-ring (bicyclic) bond motifs is 14. The van der Waals surface area contributed by atoms with Crippen molar-refractivity contribution in [2.45, 2.75) is 130 Å². The maximum Gasteiger partial charge on any atom is 0.203 e. The zero-order valence-corrected chi connectivity index (χ0v) is 60.1. The molecule has 8 aromatic rings. The van der Waals surface area contributed by atoms with E-state index in [-0.39, 0.29) is 36.3 Å². The molecule has 0 radical (unpaired) electrons. The van der Waals surface area contributed by atoms with E-state index in [2.05, 4.69) is 105 Å². The predicted octanol–water partition coefficient (Wildman–Crippen LogP) is 17.6. The maximum absolute atomic E-state index is 11.8. The van der Waals surface area contributed by atoms with Crippen LogP contribution in [0.3, 0.4) is 0 Å². The predicted molar refractivity (Wildman–Crippen MR) is 395 cm³/mol. The van der Waals surface area contributed by atoms with Crippen molar-refractivity contribution in [1.82, 2.24) is 30.0 Å². The number of halogens is 1. The van der Waals surface area contributed by atoms with Crippen LogP contribution in [-0.4, -0.2) is 112 Å². The van der Waals surface area contributed by atoms with Crippen LogP contribution in [0.2, 0.25) is 0 Å². The van der Waals surface area contributed by atoms with Crippen LogP contribution >= 0.6 is 15.9 Å². The fourth-order valence-electron chi connectivity index (χ4n) is 18.4. The van der Waals surface area contributed by atoms with Crippen LogP contribution in [0.1, 0.15) is 165 Å². The number of carbonyl (C=O) groups is 2. The lowest BCUT2D eigenvalue weighted by molar-refractivity contribution is 0.0953. The summed E-state index contributed by atoms with van der Waals surface area (Å²) in [5, 5.41) is 44.1. The molecule has 19 heteroatoms. The maximum atomic E-state index is 11.8. The van der Waals surface area contributed by atoms with Gasteiger partial charge in [0.15, 0.2) is 47.9 Å². The number of furan rings is 2. The lowest BCUT2D eigenvalue weighted by atomic mass is 9.96. The molecule has 18 nitrogen and oxygen atoms in total. The number of hydrogen-bond donors (Lipinski definition) is 3. The summed E-state index contributed by atoms with van der Waals surface area (Å²) in [7, 11) is 0. The van der Waals surface area contributed by atoms with Crippen molar-refractivity contribution >= 4 is 84.6 Å². The molecule has 524 valence electrons. The summed E-state index contributed by atoms with van der Waals surface area (Å²) < 4.78 is 23.4. The molecule has 8 aliphatic heterocycles. The Labute approximate surface area is 598 Å². The lowest BCUT2D eigenvalue weighted by Gasteiger charge is -2.32. The van der Waals surface area contributed by atoms with E-state index in [1.165, 1.54) is 163 Å². The number of aromatic nitrogens is 2. The molecular formula is C82H91BrN10O8. The topological polar surface area (TPSA) is 216 Å². The fourth-order valence-corrected chi connectivity index (χ4v) is 19.1. The van der Waals surface area contributed by atoms with Gasteiger partial charge in [-0.1, -0.05) is 40.2 Å². The first kappa shape index (κ1) is 67.3. The van der Waals surface area contributed by atoms with Gasteiger partial charge in [-0.2, -0.15) is 0 Å². The normalized spacial score (nSPS) is 25.4. The molecule has 0 spiro atoms. The molecule has 8 fully saturated rings. The molecule has 4 saturated carbocycles. The summed E-state index contributed by atoms with van der Waals surface area (Å²) in [5.41, 5.74) is 15.5. The van der Waals surface area contributed by atoms with Gasteiger partial charge in [-0.25, -0.2) is 9.97 Å². The highest BCUT2D eigenvalue weighted by Crippen LogP contribution is 2.46. The first-order chi connectivity index (χ1) is 49.2. The second-order valence-electron chi connectivity index (χ2n) is 30.8. The number of nitrogens with zero attached hydrogens (tertiary/aromatic N) is 9. The van der Waals surface area contributed by atoms with E-state index in [0.717, 1.165) is 139 Å². The van der Waals surface area contributed by atoms with Crippen molar-refractivity contribution in [1.29, 1.82) is 0 Å². The van der Waals surface area contributed by atoms with E-state index in [1.807, 2.05) is 61.5 Å². The average Bonchev–Trinajstić information content (AvgIpc) is 1.65. The number of rotatable bonds is 9. The molecule has 12 aliphatic rings. The molecule has 8 unspecified atom stereocenters. The number of Topliss-reactive ketones (excluding diaryl/α,β-unsaturated/α-hetero) is 2. The molecule has 20 rings (SSSR count). The Bertz CT molecular complexity index is 4410. The van der Waals surface area contributed by atoms with Crippen LogP contribution < -0.4 is 14.8 Å². The van der Waals surface area contributed by atoms with Gasteiger partial charge in [-0.05, 0) is 236 Å². The molecule has 101 heavy (non-hydrogen) atoms. The highest BCUT2D eigenvalue weighted by molar-refractivity contribution is 9.08. The molecule has 8 bridgehead atoms. The molecule has 4 aromatic heterocycles. The number of pyridine rings is 2. The molecular weight excluding hydrogens is 1330 g/mol. The smallest absolute Gasteiger partial charge is 0.203 e.